The molecular weight excluding hydrogens is 500 g/mol. The number of carbonyl (C=O) groups excluding carboxylic acids is 1. The standard InChI is InChI=1S/C38H56N2O/c1-25-11-13-27(14-12-25)29-17-21-37(6)32(35(29,3)4)19-22-36(5)30-18-23-38(39-34(41)40-24-8-9-26(40)2)20-7-10-31(38)28(30)15-16-33(36)37/h11-14,17,26,28,30-33H,7-10,15-16,18-24H2,1-6H3,(H,39,41)/t26-,28?,30?,31?,32?,33?,36?,37?,38?/m1/s1. The molecule has 5 aliphatic carbocycles. The average molecular weight is 557 g/mol. The number of benzene rings is 1. The second-order valence-electron chi connectivity index (χ2n) is 16.7. The molecule has 4 saturated carbocycles. The van der Waals surface area contributed by atoms with Crippen molar-refractivity contribution in [2.24, 2.45) is 45.8 Å². The molecule has 0 aromatic heterocycles. The van der Waals surface area contributed by atoms with Crippen molar-refractivity contribution in [2.75, 3.05) is 6.54 Å². The van der Waals surface area contributed by atoms with Crippen LogP contribution in [0.2, 0.25) is 0 Å². The summed E-state index contributed by atoms with van der Waals surface area (Å²) in [5.74, 6) is 3.84. The van der Waals surface area contributed by atoms with E-state index in [1.807, 2.05) is 0 Å². The van der Waals surface area contributed by atoms with E-state index in [0.717, 1.165) is 43.1 Å². The zero-order chi connectivity index (χ0) is 28.8. The van der Waals surface area contributed by atoms with Crippen LogP contribution >= 0.6 is 0 Å². The number of urea groups is 1. The molecule has 5 fully saturated rings. The van der Waals surface area contributed by atoms with Gasteiger partial charge in [-0.25, -0.2) is 4.79 Å². The number of nitrogens with one attached hydrogen (secondary N) is 1. The maximum Gasteiger partial charge on any atom is 0.318 e. The summed E-state index contributed by atoms with van der Waals surface area (Å²) in [4.78, 5) is 15.7. The third-order valence-electron chi connectivity index (χ3n) is 14.6. The summed E-state index contributed by atoms with van der Waals surface area (Å²) in [6.45, 7) is 15.9. The topological polar surface area (TPSA) is 32.3 Å². The number of nitrogens with zero attached hydrogens (tertiary/aromatic N) is 1. The molecule has 1 aliphatic heterocycles. The molecule has 41 heavy (non-hydrogen) atoms. The normalized spacial score (nSPS) is 44.7. The molecule has 2 amide bonds. The number of allylic oxidation sites excluding steroid dienone is 2. The third-order valence-corrected chi connectivity index (χ3v) is 14.6. The second kappa shape index (κ2) is 9.62. The number of fused-ring (bicyclic) bond motifs is 7. The molecule has 1 aromatic rings. The lowest BCUT2D eigenvalue weighted by atomic mass is 9.37. The van der Waals surface area contributed by atoms with Crippen molar-refractivity contribution in [1.82, 2.24) is 10.2 Å². The van der Waals surface area contributed by atoms with Gasteiger partial charge in [0.15, 0.2) is 0 Å². The smallest absolute Gasteiger partial charge is 0.318 e. The van der Waals surface area contributed by atoms with Gasteiger partial charge in [-0.15, -0.1) is 0 Å². The average Bonchev–Trinajstić information content (AvgIpc) is 3.55. The van der Waals surface area contributed by atoms with Crippen LogP contribution in [-0.4, -0.2) is 29.1 Å². The minimum atomic E-state index is 0.0589. The lowest BCUT2D eigenvalue weighted by molar-refractivity contribution is -0.172. The molecular formula is C38H56N2O. The van der Waals surface area contributed by atoms with Gasteiger partial charge in [-0.3, -0.25) is 0 Å². The van der Waals surface area contributed by atoms with E-state index in [9.17, 15) is 4.79 Å². The van der Waals surface area contributed by atoms with Crippen LogP contribution in [0, 0.1) is 52.8 Å². The highest BCUT2D eigenvalue weighted by Gasteiger charge is 2.65. The van der Waals surface area contributed by atoms with Crippen LogP contribution in [0.25, 0.3) is 5.57 Å². The van der Waals surface area contributed by atoms with Gasteiger partial charge in [-0.2, -0.15) is 0 Å². The monoisotopic (exact) mass is 556 g/mol. The van der Waals surface area contributed by atoms with Gasteiger partial charge in [0, 0.05) is 18.1 Å². The summed E-state index contributed by atoms with van der Waals surface area (Å²) in [6, 6.07) is 9.95. The minimum absolute atomic E-state index is 0.0589. The summed E-state index contributed by atoms with van der Waals surface area (Å²) in [6.07, 6.45) is 18.1. The quantitative estimate of drug-likeness (QED) is 0.387. The number of rotatable bonds is 2. The molecule has 3 heteroatoms. The minimum Gasteiger partial charge on any atom is -0.332 e. The first-order valence-corrected chi connectivity index (χ1v) is 17.4. The van der Waals surface area contributed by atoms with Crippen molar-refractivity contribution in [3.8, 4) is 0 Å². The van der Waals surface area contributed by atoms with Crippen LogP contribution in [-0.2, 0) is 0 Å². The number of hydrogen-bond acceptors (Lipinski definition) is 1. The van der Waals surface area contributed by atoms with Crippen molar-refractivity contribution in [3.63, 3.8) is 0 Å². The Morgan fingerprint density at radius 1 is 0.829 bits per heavy atom. The van der Waals surface area contributed by atoms with E-state index in [1.54, 1.807) is 5.57 Å². The van der Waals surface area contributed by atoms with E-state index in [-0.39, 0.29) is 17.0 Å². The SMILES string of the molecule is Cc1ccc(C2=CCC3(C)C(CCC4(C)C5CCC6(NC(=O)N7CCC[C@H]7C)CCCC6C5CCC43)C2(C)C)cc1. The van der Waals surface area contributed by atoms with Crippen LogP contribution in [0.4, 0.5) is 4.79 Å². The fraction of sp³-hybridized carbons (Fsp3) is 0.763. The van der Waals surface area contributed by atoms with Crippen molar-refractivity contribution in [3.05, 3.63) is 41.5 Å². The van der Waals surface area contributed by atoms with E-state index in [4.69, 9.17) is 0 Å². The first-order chi connectivity index (χ1) is 19.5. The van der Waals surface area contributed by atoms with E-state index < -0.39 is 0 Å². The summed E-state index contributed by atoms with van der Waals surface area (Å²) >= 11 is 0. The highest BCUT2D eigenvalue weighted by molar-refractivity contribution is 5.76. The molecule has 0 radical (unpaired) electrons. The maximum absolute atomic E-state index is 13.5. The Hall–Kier alpha value is -1.77. The molecule has 1 saturated heterocycles. The Morgan fingerprint density at radius 2 is 1.61 bits per heavy atom. The Bertz CT molecular complexity index is 1220. The van der Waals surface area contributed by atoms with Gasteiger partial charge in [0.2, 0.25) is 0 Å². The Morgan fingerprint density at radius 3 is 2.34 bits per heavy atom. The molecule has 1 aromatic carbocycles. The second-order valence-corrected chi connectivity index (χ2v) is 16.7. The summed E-state index contributed by atoms with van der Waals surface area (Å²) in [7, 11) is 0. The van der Waals surface area contributed by atoms with Crippen molar-refractivity contribution >= 4 is 11.6 Å². The molecule has 0 bridgehead atoms. The molecule has 1 N–H and O–H groups in total. The van der Waals surface area contributed by atoms with Gasteiger partial charge in [-0.1, -0.05) is 70.0 Å². The maximum atomic E-state index is 13.5. The third kappa shape index (κ3) is 4.06. The van der Waals surface area contributed by atoms with Crippen LogP contribution in [0.1, 0.15) is 123 Å². The van der Waals surface area contributed by atoms with E-state index in [1.165, 1.54) is 75.3 Å². The van der Waals surface area contributed by atoms with Gasteiger partial charge in [0.25, 0.3) is 0 Å². The lowest BCUT2D eigenvalue weighted by Gasteiger charge is -2.68. The highest BCUT2D eigenvalue weighted by Crippen LogP contribution is 2.72. The van der Waals surface area contributed by atoms with E-state index in [0.29, 0.717) is 22.8 Å². The zero-order valence-corrected chi connectivity index (χ0v) is 26.9. The van der Waals surface area contributed by atoms with Crippen molar-refractivity contribution < 1.29 is 4.79 Å². The number of amides is 2. The van der Waals surface area contributed by atoms with Crippen LogP contribution in [0.15, 0.2) is 30.3 Å². The van der Waals surface area contributed by atoms with Crippen LogP contribution in [0.5, 0.6) is 0 Å². The predicted molar refractivity (Wildman–Crippen MR) is 169 cm³/mol. The highest BCUT2D eigenvalue weighted by atomic mass is 16.2. The summed E-state index contributed by atoms with van der Waals surface area (Å²) < 4.78 is 0. The van der Waals surface area contributed by atoms with Crippen LogP contribution in [0.3, 0.4) is 0 Å². The van der Waals surface area contributed by atoms with Gasteiger partial charge in [-0.05, 0) is 141 Å². The molecule has 6 aliphatic rings. The van der Waals surface area contributed by atoms with Crippen molar-refractivity contribution in [2.45, 2.75) is 130 Å². The Labute approximate surface area is 250 Å². The molecule has 0 spiro atoms. The molecule has 1 heterocycles. The number of aryl methyl sites for hydroxylation is 1. The van der Waals surface area contributed by atoms with Gasteiger partial charge < -0.3 is 10.2 Å². The molecule has 3 nitrogen and oxygen atoms in total. The first kappa shape index (κ1) is 28.0. The van der Waals surface area contributed by atoms with Crippen LogP contribution < -0.4 is 5.32 Å². The first-order valence-electron chi connectivity index (χ1n) is 17.4. The molecule has 8 unspecified atom stereocenters. The van der Waals surface area contributed by atoms with E-state index in [2.05, 4.69) is 82.1 Å². The van der Waals surface area contributed by atoms with Gasteiger partial charge in [0.05, 0.1) is 0 Å². The Balaban J connectivity index is 1.15. The number of carbonyl (C=O) groups is 1. The Kier molecular flexibility index (Phi) is 6.57. The molecule has 9 atom stereocenters. The summed E-state index contributed by atoms with van der Waals surface area (Å²) in [5.41, 5.74) is 5.45. The predicted octanol–water partition coefficient (Wildman–Crippen LogP) is 9.40. The fourth-order valence-corrected chi connectivity index (χ4v) is 12.8. The van der Waals surface area contributed by atoms with Gasteiger partial charge in [0.1, 0.15) is 0 Å². The zero-order valence-electron chi connectivity index (χ0n) is 26.9. The van der Waals surface area contributed by atoms with Gasteiger partial charge >= 0.3 is 6.03 Å². The molecule has 224 valence electrons. The van der Waals surface area contributed by atoms with Crippen molar-refractivity contribution in [1.29, 1.82) is 0 Å². The lowest BCUT2D eigenvalue weighted by Crippen LogP contribution is -2.64. The largest absolute Gasteiger partial charge is 0.332 e. The number of likely N-dealkylation sites (tertiary alicyclic amines) is 1. The van der Waals surface area contributed by atoms with E-state index >= 15 is 0 Å². The summed E-state index contributed by atoms with van der Waals surface area (Å²) in [5, 5.41) is 3.75. The molecule has 7 rings (SSSR count). The number of hydrogen-bond donors (Lipinski definition) is 1. The fourth-order valence-electron chi connectivity index (χ4n) is 12.8.